The molecule has 1 amide bonds. The fourth-order valence-corrected chi connectivity index (χ4v) is 5.52. The van der Waals surface area contributed by atoms with Gasteiger partial charge in [0.15, 0.2) is 0 Å². The molecule has 0 aromatic heterocycles. The molecule has 0 spiro atoms. The number of hydrogen-bond donors (Lipinski definition) is 3. The molecule has 18 heteroatoms. The smallest absolute Gasteiger partial charge is 0.427 e. The zero-order chi connectivity index (χ0) is 29.4. The summed E-state index contributed by atoms with van der Waals surface area (Å²) in [5, 5.41) is 1.63. The molecule has 1 aliphatic heterocycles. The molecule has 216 valence electrons. The van der Waals surface area contributed by atoms with Gasteiger partial charge in [-0.25, -0.2) is 22.3 Å². The predicted octanol–water partition coefficient (Wildman–Crippen LogP) is 3.38. The molecular weight excluding hydrogens is 596 g/mol. The van der Waals surface area contributed by atoms with E-state index >= 15 is 0 Å². The first-order chi connectivity index (χ1) is 17.9. The highest BCUT2D eigenvalue weighted by molar-refractivity contribution is 7.92. The Morgan fingerprint density at radius 1 is 1.15 bits per heavy atom. The lowest BCUT2D eigenvalue weighted by molar-refractivity contribution is -0.242. The number of nitrogens with one attached hydrogen (secondary N) is 3. The summed E-state index contributed by atoms with van der Waals surface area (Å²) in [6.07, 6.45) is -7.38. The van der Waals surface area contributed by atoms with Crippen LogP contribution in [0.25, 0.3) is 0 Å². The number of hydrogen-bond acceptors (Lipinski definition) is 7. The van der Waals surface area contributed by atoms with E-state index in [4.69, 9.17) is 16.3 Å². The second kappa shape index (κ2) is 11.0. The van der Waals surface area contributed by atoms with Gasteiger partial charge < -0.3 is 9.47 Å². The molecule has 1 aliphatic rings. The zero-order valence-electron chi connectivity index (χ0n) is 20.5. The third-order valence-electron chi connectivity index (χ3n) is 5.42. The largest absolute Gasteiger partial charge is 0.485 e. The first kappa shape index (κ1) is 30.7. The number of alkyl halides is 3. The summed E-state index contributed by atoms with van der Waals surface area (Å²) < 4.78 is 119. The number of benzene rings is 2. The van der Waals surface area contributed by atoms with Crippen molar-refractivity contribution in [3.63, 3.8) is 0 Å². The number of carbonyl (C=O) groups excluding carboxylic acids is 1. The Balaban J connectivity index is 1.98. The van der Waals surface area contributed by atoms with Gasteiger partial charge in [0.1, 0.15) is 17.7 Å². The van der Waals surface area contributed by atoms with Crippen molar-refractivity contribution in [3.8, 4) is 5.75 Å². The Bertz CT molecular complexity index is 1470. The minimum Gasteiger partial charge on any atom is -0.485 e. The summed E-state index contributed by atoms with van der Waals surface area (Å²) in [4.78, 5) is 11.7. The van der Waals surface area contributed by atoms with Crippen LogP contribution < -0.4 is 23.8 Å². The number of ether oxygens (including phenoxy) is 2. The predicted molar refractivity (Wildman–Crippen MR) is 133 cm³/mol. The first-order valence-corrected chi connectivity index (χ1v) is 14.2. The van der Waals surface area contributed by atoms with E-state index < -0.39 is 66.5 Å². The minimum atomic E-state index is -4.86. The maximum Gasteiger partial charge on any atom is 0.427 e. The summed E-state index contributed by atoms with van der Waals surface area (Å²) in [5.74, 6) is -0.939. The van der Waals surface area contributed by atoms with Gasteiger partial charge in [0, 0.05) is 12.7 Å². The van der Waals surface area contributed by atoms with E-state index in [1.54, 1.807) is 0 Å². The van der Waals surface area contributed by atoms with E-state index in [-0.39, 0.29) is 23.7 Å². The topological polar surface area (TPSA) is 143 Å². The number of sulfonamides is 1. The van der Waals surface area contributed by atoms with Crippen LogP contribution in [0.2, 0.25) is 5.02 Å². The lowest BCUT2D eigenvalue weighted by Gasteiger charge is -2.36. The van der Waals surface area contributed by atoms with E-state index in [9.17, 15) is 39.2 Å². The lowest BCUT2D eigenvalue weighted by atomic mass is 10.1. The van der Waals surface area contributed by atoms with E-state index in [1.165, 1.54) is 12.1 Å². The number of amides is 1. The molecule has 1 heterocycles. The molecule has 3 rings (SSSR count). The fraction of sp³-hybridized carbons (Fsp3) is 0.381. The SMILES string of the molecule is CNS(=O)(=O)NC[C@H]1CN(S(=O)(=O)c2ccc(F)c(Cl)c2)c2cc(NC(=O)OC(C)(C)C(F)(F)F)ccc2O1. The quantitative estimate of drug-likeness (QED) is 0.385. The highest BCUT2D eigenvalue weighted by atomic mass is 35.5. The summed E-state index contributed by atoms with van der Waals surface area (Å²) in [6.45, 7) is 0.485. The van der Waals surface area contributed by atoms with Gasteiger partial charge in [0.05, 0.1) is 28.7 Å². The van der Waals surface area contributed by atoms with Gasteiger partial charge in [0.2, 0.25) is 5.60 Å². The van der Waals surface area contributed by atoms with Crippen molar-refractivity contribution in [3.05, 3.63) is 47.2 Å². The van der Waals surface area contributed by atoms with E-state index in [1.807, 2.05) is 4.72 Å². The van der Waals surface area contributed by atoms with E-state index in [0.717, 1.165) is 35.6 Å². The second-order valence-electron chi connectivity index (χ2n) is 8.61. The molecular formula is C21H23ClF4N4O7S2. The number of anilines is 2. The molecule has 39 heavy (non-hydrogen) atoms. The van der Waals surface area contributed by atoms with Crippen molar-refractivity contribution in [2.24, 2.45) is 0 Å². The molecule has 0 unspecified atom stereocenters. The summed E-state index contributed by atoms with van der Waals surface area (Å²) >= 11 is 5.76. The van der Waals surface area contributed by atoms with Crippen molar-refractivity contribution in [1.29, 1.82) is 0 Å². The van der Waals surface area contributed by atoms with Crippen LogP contribution >= 0.6 is 11.6 Å². The third kappa shape index (κ3) is 7.02. The van der Waals surface area contributed by atoms with Crippen molar-refractivity contribution in [2.75, 3.05) is 29.8 Å². The van der Waals surface area contributed by atoms with Crippen LogP contribution in [0.3, 0.4) is 0 Å². The summed E-state index contributed by atoms with van der Waals surface area (Å²) in [7, 11) is -7.23. The van der Waals surface area contributed by atoms with Gasteiger partial charge in [-0.2, -0.15) is 26.3 Å². The van der Waals surface area contributed by atoms with Gasteiger partial charge >= 0.3 is 12.3 Å². The number of rotatable bonds is 8. The third-order valence-corrected chi connectivity index (χ3v) is 8.57. The minimum absolute atomic E-state index is 0.0683. The standard InChI is InChI=1S/C21H23ClF4N4O7S2/c1-20(2,21(24,25)26)37-19(31)29-12-4-7-18-17(8-12)30(11-13(36-18)10-28-39(34,35)27-3)38(32,33)14-5-6-16(23)15(22)9-14/h4-9,13,27-28H,10-11H2,1-3H3,(H,29,31)/t13-/m0/s1. The number of halogens is 5. The van der Waals surface area contributed by atoms with Crippen LogP contribution in [0.1, 0.15) is 13.8 Å². The van der Waals surface area contributed by atoms with Crippen molar-refractivity contribution in [2.45, 2.75) is 36.6 Å². The Morgan fingerprint density at radius 3 is 2.41 bits per heavy atom. The molecule has 0 saturated heterocycles. The molecule has 11 nitrogen and oxygen atoms in total. The Labute approximate surface area is 226 Å². The van der Waals surface area contributed by atoms with Crippen LogP contribution in [0, 0.1) is 5.82 Å². The Morgan fingerprint density at radius 2 is 1.82 bits per heavy atom. The molecule has 1 atom stereocenters. The van der Waals surface area contributed by atoms with Gasteiger partial charge in [-0.15, -0.1) is 0 Å². The van der Waals surface area contributed by atoms with Crippen molar-refractivity contribution < 1.29 is 48.7 Å². The first-order valence-electron chi connectivity index (χ1n) is 10.9. The van der Waals surface area contributed by atoms with E-state index in [2.05, 4.69) is 14.8 Å². The van der Waals surface area contributed by atoms with Crippen LogP contribution in [0.4, 0.5) is 33.7 Å². The van der Waals surface area contributed by atoms with Gasteiger partial charge in [0.25, 0.3) is 20.2 Å². The zero-order valence-corrected chi connectivity index (χ0v) is 22.9. The Hall–Kier alpha value is -2.86. The van der Waals surface area contributed by atoms with E-state index in [0.29, 0.717) is 13.8 Å². The van der Waals surface area contributed by atoms with Gasteiger partial charge in [-0.05, 0) is 50.2 Å². The average molecular weight is 619 g/mol. The molecule has 0 aliphatic carbocycles. The van der Waals surface area contributed by atoms with Crippen LogP contribution in [-0.4, -0.2) is 60.9 Å². The highest BCUT2D eigenvalue weighted by Crippen LogP contribution is 2.40. The van der Waals surface area contributed by atoms with Crippen LogP contribution in [0.15, 0.2) is 41.3 Å². The van der Waals surface area contributed by atoms with Gasteiger partial charge in [-0.3, -0.25) is 9.62 Å². The summed E-state index contributed by atoms with van der Waals surface area (Å²) in [5.41, 5.74) is -3.12. The van der Waals surface area contributed by atoms with Crippen LogP contribution in [-0.2, 0) is 25.0 Å². The molecule has 0 radical (unpaired) electrons. The average Bonchev–Trinajstić information content (AvgIpc) is 2.82. The highest BCUT2D eigenvalue weighted by Gasteiger charge is 2.51. The van der Waals surface area contributed by atoms with Gasteiger partial charge in [-0.1, -0.05) is 11.6 Å². The number of carbonyl (C=O) groups is 1. The molecule has 2 aromatic rings. The normalized spacial score (nSPS) is 16.3. The number of fused-ring (bicyclic) bond motifs is 1. The van der Waals surface area contributed by atoms with Crippen LogP contribution in [0.5, 0.6) is 5.75 Å². The molecule has 2 aromatic carbocycles. The Kier molecular flexibility index (Phi) is 8.62. The van der Waals surface area contributed by atoms with Crippen molar-refractivity contribution in [1.82, 2.24) is 9.44 Å². The monoisotopic (exact) mass is 618 g/mol. The number of nitrogens with zero attached hydrogens (tertiary/aromatic N) is 1. The second-order valence-corrected chi connectivity index (χ2v) is 12.6. The molecule has 0 saturated carbocycles. The molecule has 0 fully saturated rings. The molecule has 3 N–H and O–H groups in total. The fourth-order valence-electron chi connectivity index (χ4n) is 3.20. The maximum atomic E-state index is 13.7. The van der Waals surface area contributed by atoms with Crippen molar-refractivity contribution >= 4 is 49.3 Å². The lowest BCUT2D eigenvalue weighted by Crippen LogP contribution is -2.49. The maximum absolute atomic E-state index is 13.7. The summed E-state index contributed by atoms with van der Waals surface area (Å²) in [6, 6.07) is 6.21. The molecule has 0 bridgehead atoms.